The lowest BCUT2D eigenvalue weighted by molar-refractivity contribution is -0.137. The Morgan fingerprint density at radius 2 is 1.93 bits per heavy atom. The summed E-state index contributed by atoms with van der Waals surface area (Å²) in [5, 5.41) is 30.0. The third-order valence-corrected chi connectivity index (χ3v) is 6.44. The summed E-state index contributed by atoms with van der Waals surface area (Å²) < 4.78 is 0. The highest BCUT2D eigenvalue weighted by atomic mass is 16.4. The van der Waals surface area contributed by atoms with E-state index in [2.05, 4.69) is 6.92 Å². The van der Waals surface area contributed by atoms with Gasteiger partial charge in [-0.2, -0.15) is 0 Å². The first-order valence-corrected chi connectivity index (χ1v) is 11.3. The van der Waals surface area contributed by atoms with Crippen molar-refractivity contribution in [2.24, 2.45) is 17.8 Å². The molecule has 0 bridgehead atoms. The van der Waals surface area contributed by atoms with E-state index in [9.17, 15) is 19.8 Å². The fourth-order valence-electron chi connectivity index (χ4n) is 4.46. The van der Waals surface area contributed by atoms with Gasteiger partial charge in [-0.25, -0.2) is 0 Å². The normalized spacial score (nSPS) is 27.1. The van der Waals surface area contributed by atoms with Crippen LogP contribution < -0.4 is 0 Å². The molecule has 0 aliphatic heterocycles. The van der Waals surface area contributed by atoms with Crippen LogP contribution in [-0.2, 0) is 9.59 Å². The molecule has 1 unspecified atom stereocenters. The van der Waals surface area contributed by atoms with Gasteiger partial charge in [-0.15, -0.1) is 0 Å². The van der Waals surface area contributed by atoms with Gasteiger partial charge >= 0.3 is 5.97 Å². The number of ketones is 1. The van der Waals surface area contributed by atoms with Crippen molar-refractivity contribution in [1.82, 2.24) is 0 Å². The molecular weight excluding hydrogens is 368 g/mol. The van der Waals surface area contributed by atoms with E-state index in [0.29, 0.717) is 31.6 Å². The zero-order chi connectivity index (χ0) is 21.3. The van der Waals surface area contributed by atoms with Crippen LogP contribution in [0, 0.1) is 17.8 Å². The minimum absolute atomic E-state index is 0.0685. The molecule has 0 amide bonds. The lowest BCUT2D eigenvalue weighted by Crippen LogP contribution is -2.30. The van der Waals surface area contributed by atoms with Crippen LogP contribution in [0.1, 0.15) is 84.0 Å². The topological polar surface area (TPSA) is 94.8 Å². The molecule has 0 heterocycles. The Morgan fingerprint density at radius 1 is 1.17 bits per heavy atom. The first-order chi connectivity index (χ1) is 13.9. The molecular formula is C24H38O5. The smallest absolute Gasteiger partial charge is 0.303 e. The molecule has 0 radical (unpaired) electrons. The number of aliphatic carboxylic acids is 1. The van der Waals surface area contributed by atoms with Crippen LogP contribution in [0.3, 0.4) is 0 Å². The molecule has 164 valence electrons. The molecule has 5 heteroatoms. The van der Waals surface area contributed by atoms with Crippen molar-refractivity contribution in [3.8, 4) is 0 Å². The quantitative estimate of drug-likeness (QED) is 0.293. The number of Topliss-reactive ketones (excluding diaryl/α,β-unsaturated/α-hetero) is 1. The number of carboxylic acids is 1. The van der Waals surface area contributed by atoms with Crippen LogP contribution in [0.15, 0.2) is 24.3 Å². The van der Waals surface area contributed by atoms with E-state index in [1.807, 2.05) is 24.3 Å². The van der Waals surface area contributed by atoms with Crippen molar-refractivity contribution in [3.63, 3.8) is 0 Å². The molecule has 0 spiro atoms. The van der Waals surface area contributed by atoms with Gasteiger partial charge in [0.2, 0.25) is 0 Å². The minimum Gasteiger partial charge on any atom is -0.481 e. The number of rotatable bonds is 14. The predicted molar refractivity (Wildman–Crippen MR) is 113 cm³/mol. The molecule has 0 aromatic heterocycles. The number of carbonyl (C=O) groups excluding carboxylic acids is 1. The second-order valence-corrected chi connectivity index (χ2v) is 8.89. The Bertz CT molecular complexity index is 592. The SMILES string of the molecule is CCCCCC(O)(CC=C[C@H]1C(=O)C[C@H](O)[C@@H]1CC=CCCCC(=O)O)C1CC1. The molecule has 3 N–H and O–H groups in total. The van der Waals surface area contributed by atoms with Crippen molar-refractivity contribution < 1.29 is 24.9 Å². The van der Waals surface area contributed by atoms with Gasteiger partial charge in [0.15, 0.2) is 0 Å². The van der Waals surface area contributed by atoms with Crippen LogP contribution >= 0.6 is 0 Å². The van der Waals surface area contributed by atoms with Crippen molar-refractivity contribution in [2.45, 2.75) is 95.7 Å². The Kier molecular flexibility index (Phi) is 9.57. The number of hydrogen-bond acceptors (Lipinski definition) is 4. The van der Waals surface area contributed by atoms with Gasteiger partial charge < -0.3 is 15.3 Å². The summed E-state index contributed by atoms with van der Waals surface area (Å²) in [5.41, 5.74) is -0.647. The molecule has 2 saturated carbocycles. The monoisotopic (exact) mass is 406 g/mol. The van der Waals surface area contributed by atoms with Crippen molar-refractivity contribution >= 4 is 11.8 Å². The summed E-state index contributed by atoms with van der Waals surface area (Å²) in [7, 11) is 0. The maximum atomic E-state index is 12.4. The maximum absolute atomic E-state index is 12.4. The Labute approximate surface area is 174 Å². The Morgan fingerprint density at radius 3 is 2.59 bits per heavy atom. The second kappa shape index (κ2) is 11.7. The fourth-order valence-corrected chi connectivity index (χ4v) is 4.46. The first kappa shape index (κ1) is 23.8. The standard InChI is InChI=1S/C24H38O5/c1-2-3-8-15-24(29,18-13-14-18)16-9-11-20-19(21(25)17-22(20)26)10-6-4-5-7-12-23(27)28/h4,6,9,11,18-21,25,29H,2-3,5,7-8,10,12-17H2,1H3,(H,27,28)/t19-,20-,21+,24?/m1/s1. The highest BCUT2D eigenvalue weighted by Crippen LogP contribution is 2.45. The van der Waals surface area contributed by atoms with E-state index in [4.69, 9.17) is 5.11 Å². The van der Waals surface area contributed by atoms with E-state index in [1.54, 1.807) is 0 Å². The molecule has 2 aliphatic rings. The van der Waals surface area contributed by atoms with Gasteiger partial charge in [-0.3, -0.25) is 9.59 Å². The number of carbonyl (C=O) groups is 2. The summed E-state index contributed by atoms with van der Waals surface area (Å²) in [5.74, 6) is -0.769. The second-order valence-electron chi connectivity index (χ2n) is 8.89. The zero-order valence-electron chi connectivity index (χ0n) is 17.8. The van der Waals surface area contributed by atoms with E-state index in [-0.39, 0.29) is 30.5 Å². The van der Waals surface area contributed by atoms with Gasteiger partial charge in [0, 0.05) is 24.7 Å². The van der Waals surface area contributed by atoms with Gasteiger partial charge in [0.25, 0.3) is 0 Å². The molecule has 0 aromatic rings. The number of hydrogen-bond donors (Lipinski definition) is 3. The van der Waals surface area contributed by atoms with Crippen LogP contribution in [0.2, 0.25) is 0 Å². The van der Waals surface area contributed by atoms with Crippen LogP contribution in [0.4, 0.5) is 0 Å². The van der Waals surface area contributed by atoms with Crippen molar-refractivity contribution in [1.29, 1.82) is 0 Å². The van der Waals surface area contributed by atoms with Gasteiger partial charge in [-0.1, -0.05) is 50.5 Å². The van der Waals surface area contributed by atoms with E-state index in [1.165, 1.54) is 0 Å². The lowest BCUT2D eigenvalue weighted by atomic mass is 9.85. The molecule has 0 saturated heterocycles. The molecule has 29 heavy (non-hydrogen) atoms. The summed E-state index contributed by atoms with van der Waals surface area (Å²) in [4.78, 5) is 22.9. The van der Waals surface area contributed by atoms with Crippen LogP contribution in [-0.4, -0.2) is 38.8 Å². The van der Waals surface area contributed by atoms with Crippen molar-refractivity contribution in [2.75, 3.05) is 0 Å². The summed E-state index contributed by atoms with van der Waals surface area (Å²) in [6.45, 7) is 2.16. The van der Waals surface area contributed by atoms with Gasteiger partial charge in [0.1, 0.15) is 5.78 Å². The first-order valence-electron chi connectivity index (χ1n) is 11.3. The maximum Gasteiger partial charge on any atom is 0.303 e. The summed E-state index contributed by atoms with van der Waals surface area (Å²) in [6, 6.07) is 0. The Hall–Kier alpha value is -1.46. The van der Waals surface area contributed by atoms with Crippen LogP contribution in [0.25, 0.3) is 0 Å². The molecule has 4 atom stereocenters. The molecule has 0 aromatic carbocycles. The van der Waals surface area contributed by atoms with E-state index >= 15 is 0 Å². The Balaban J connectivity index is 1.87. The molecule has 2 aliphatic carbocycles. The average Bonchev–Trinajstić information content (AvgIpc) is 3.47. The molecule has 2 fully saturated rings. The third-order valence-electron chi connectivity index (χ3n) is 6.44. The predicted octanol–water partition coefficient (Wildman–Crippen LogP) is 4.42. The van der Waals surface area contributed by atoms with Crippen LogP contribution in [0.5, 0.6) is 0 Å². The largest absolute Gasteiger partial charge is 0.481 e. The zero-order valence-corrected chi connectivity index (χ0v) is 17.8. The number of aliphatic hydroxyl groups excluding tert-OH is 1. The number of allylic oxidation sites excluding steroid dienone is 3. The van der Waals surface area contributed by atoms with E-state index < -0.39 is 17.7 Å². The summed E-state index contributed by atoms with van der Waals surface area (Å²) in [6.07, 6.45) is 16.3. The molecule has 2 rings (SSSR count). The summed E-state index contributed by atoms with van der Waals surface area (Å²) >= 11 is 0. The number of aliphatic hydroxyl groups is 2. The third kappa shape index (κ3) is 7.71. The number of unbranched alkanes of at least 4 members (excludes halogenated alkanes) is 3. The lowest BCUT2D eigenvalue weighted by Gasteiger charge is -2.27. The fraction of sp³-hybridized carbons (Fsp3) is 0.750. The molecule has 5 nitrogen and oxygen atoms in total. The highest BCUT2D eigenvalue weighted by molar-refractivity contribution is 5.86. The highest BCUT2D eigenvalue weighted by Gasteiger charge is 2.43. The van der Waals surface area contributed by atoms with Gasteiger partial charge in [0.05, 0.1) is 11.7 Å². The van der Waals surface area contributed by atoms with Gasteiger partial charge in [-0.05, 0) is 50.9 Å². The van der Waals surface area contributed by atoms with Crippen molar-refractivity contribution in [3.05, 3.63) is 24.3 Å². The van der Waals surface area contributed by atoms with E-state index in [0.717, 1.165) is 38.5 Å². The minimum atomic E-state index is -0.790. The average molecular weight is 407 g/mol. The number of carboxylic acid groups (broad SMARTS) is 1.